The number of carbonyl (C=O) groups excluding carboxylic acids is 1. The summed E-state index contributed by atoms with van der Waals surface area (Å²) in [7, 11) is 0. The Morgan fingerprint density at radius 3 is 2.40 bits per heavy atom. The lowest BCUT2D eigenvalue weighted by atomic mass is 10.2. The lowest BCUT2D eigenvalue weighted by molar-refractivity contribution is -0.145. The number of rotatable bonds is 8. The van der Waals surface area contributed by atoms with Crippen molar-refractivity contribution >= 4 is 18.0 Å². The maximum atomic E-state index is 11.4. The third-order valence-corrected chi connectivity index (χ3v) is 3.03. The van der Waals surface area contributed by atoms with Gasteiger partial charge < -0.3 is 25.6 Å². The highest BCUT2D eigenvalue weighted by Gasteiger charge is 2.22. The molecule has 1 aliphatic rings. The number of nitrogens with one attached hydrogen (secondary N) is 2. The summed E-state index contributed by atoms with van der Waals surface area (Å²) >= 11 is 0. The van der Waals surface area contributed by atoms with Gasteiger partial charge in [-0.15, -0.1) is 0 Å². The van der Waals surface area contributed by atoms with Gasteiger partial charge >= 0.3 is 18.0 Å². The van der Waals surface area contributed by atoms with E-state index in [2.05, 4.69) is 10.6 Å². The molecule has 1 rings (SSSR count). The number of hydrogen-bond donors (Lipinski definition) is 4. The summed E-state index contributed by atoms with van der Waals surface area (Å²) in [4.78, 5) is 32.6. The first-order valence-electron chi connectivity index (χ1n) is 6.59. The minimum atomic E-state index is -1.44. The zero-order chi connectivity index (χ0) is 15.0. The Morgan fingerprint density at radius 2 is 1.85 bits per heavy atom. The SMILES string of the molecule is O=C(O)C[C@@H](NC(=O)NCCOC1CCCC1)C(=O)O. The first kappa shape index (κ1) is 16.2. The molecule has 4 N–H and O–H groups in total. The molecule has 0 radical (unpaired) electrons. The fourth-order valence-corrected chi connectivity index (χ4v) is 2.03. The molecular weight excluding hydrogens is 268 g/mol. The Hall–Kier alpha value is -1.83. The summed E-state index contributed by atoms with van der Waals surface area (Å²) in [6, 6.07) is -2.16. The number of carboxylic acid groups (broad SMARTS) is 2. The molecule has 0 saturated heterocycles. The maximum absolute atomic E-state index is 11.4. The van der Waals surface area contributed by atoms with Crippen molar-refractivity contribution in [3.8, 4) is 0 Å². The fourth-order valence-electron chi connectivity index (χ4n) is 2.03. The summed E-state index contributed by atoms with van der Waals surface area (Å²) in [6.45, 7) is 0.608. The van der Waals surface area contributed by atoms with E-state index >= 15 is 0 Å². The molecule has 114 valence electrons. The van der Waals surface area contributed by atoms with Crippen LogP contribution >= 0.6 is 0 Å². The highest BCUT2D eigenvalue weighted by atomic mass is 16.5. The number of urea groups is 1. The van der Waals surface area contributed by atoms with Crippen LogP contribution in [0.5, 0.6) is 0 Å². The van der Waals surface area contributed by atoms with E-state index in [0.717, 1.165) is 25.7 Å². The zero-order valence-electron chi connectivity index (χ0n) is 11.1. The standard InChI is InChI=1S/C12H20N2O6/c15-10(16)7-9(11(17)18)14-12(19)13-5-6-20-8-3-1-2-4-8/h8-9H,1-7H2,(H,15,16)(H,17,18)(H2,13,14,19)/t9-/m1/s1. The first-order chi connectivity index (χ1) is 9.49. The second-order valence-electron chi connectivity index (χ2n) is 4.67. The van der Waals surface area contributed by atoms with Crippen molar-refractivity contribution in [1.82, 2.24) is 10.6 Å². The molecule has 1 fully saturated rings. The Morgan fingerprint density at radius 1 is 1.20 bits per heavy atom. The number of carbonyl (C=O) groups is 3. The molecule has 0 spiro atoms. The quantitative estimate of drug-likeness (QED) is 0.472. The van der Waals surface area contributed by atoms with Crippen molar-refractivity contribution in [3.63, 3.8) is 0 Å². The van der Waals surface area contributed by atoms with Gasteiger partial charge in [-0.05, 0) is 12.8 Å². The lowest BCUT2D eigenvalue weighted by Gasteiger charge is -2.14. The molecule has 0 unspecified atom stereocenters. The van der Waals surface area contributed by atoms with Crippen LogP contribution in [-0.4, -0.2) is 53.5 Å². The van der Waals surface area contributed by atoms with Gasteiger partial charge in [-0.1, -0.05) is 12.8 Å². The van der Waals surface area contributed by atoms with Crippen molar-refractivity contribution < 1.29 is 29.3 Å². The molecule has 0 aliphatic heterocycles. The van der Waals surface area contributed by atoms with Gasteiger partial charge in [0.15, 0.2) is 0 Å². The molecule has 20 heavy (non-hydrogen) atoms. The van der Waals surface area contributed by atoms with Crippen molar-refractivity contribution in [2.75, 3.05) is 13.2 Å². The third-order valence-electron chi connectivity index (χ3n) is 3.03. The minimum absolute atomic E-state index is 0.249. The molecule has 0 aromatic rings. The van der Waals surface area contributed by atoms with E-state index in [1.807, 2.05) is 0 Å². The summed E-state index contributed by atoms with van der Waals surface area (Å²) < 4.78 is 5.52. The summed E-state index contributed by atoms with van der Waals surface area (Å²) in [5.41, 5.74) is 0. The van der Waals surface area contributed by atoms with E-state index in [-0.39, 0.29) is 12.6 Å². The zero-order valence-corrected chi connectivity index (χ0v) is 11.1. The highest BCUT2D eigenvalue weighted by molar-refractivity contribution is 5.86. The molecule has 1 saturated carbocycles. The molecule has 1 atom stereocenters. The predicted molar refractivity (Wildman–Crippen MR) is 68.4 cm³/mol. The van der Waals surface area contributed by atoms with Gasteiger partial charge in [0.05, 0.1) is 19.1 Å². The first-order valence-corrected chi connectivity index (χ1v) is 6.59. The molecule has 1 aliphatic carbocycles. The van der Waals surface area contributed by atoms with Crippen LogP contribution in [0.3, 0.4) is 0 Å². The van der Waals surface area contributed by atoms with Crippen molar-refractivity contribution in [3.05, 3.63) is 0 Å². The monoisotopic (exact) mass is 288 g/mol. The Labute approximate surface area is 116 Å². The van der Waals surface area contributed by atoms with Crippen LogP contribution in [0.15, 0.2) is 0 Å². The van der Waals surface area contributed by atoms with Gasteiger partial charge in [-0.25, -0.2) is 9.59 Å². The van der Waals surface area contributed by atoms with Crippen LogP contribution in [0, 0.1) is 0 Å². The molecule has 0 bridgehead atoms. The molecule has 0 aromatic carbocycles. The van der Waals surface area contributed by atoms with E-state index in [4.69, 9.17) is 14.9 Å². The fraction of sp³-hybridized carbons (Fsp3) is 0.750. The number of ether oxygens (including phenoxy) is 1. The van der Waals surface area contributed by atoms with Gasteiger partial charge in [0, 0.05) is 6.54 Å². The van der Waals surface area contributed by atoms with Crippen molar-refractivity contribution in [2.24, 2.45) is 0 Å². The van der Waals surface area contributed by atoms with Gasteiger partial charge in [-0.3, -0.25) is 4.79 Å². The third kappa shape index (κ3) is 6.37. The average Bonchev–Trinajstić information content (AvgIpc) is 2.86. The maximum Gasteiger partial charge on any atom is 0.326 e. The largest absolute Gasteiger partial charge is 0.481 e. The number of hydrogen-bond acceptors (Lipinski definition) is 4. The topological polar surface area (TPSA) is 125 Å². The molecule has 0 heterocycles. The predicted octanol–water partition coefficient (Wildman–Crippen LogP) is 0.173. The normalized spacial score (nSPS) is 16.6. The van der Waals surface area contributed by atoms with Gasteiger partial charge in [0.2, 0.25) is 0 Å². The summed E-state index contributed by atoms with van der Waals surface area (Å²) in [6.07, 6.45) is 3.97. The van der Waals surface area contributed by atoms with Gasteiger partial charge in [0.1, 0.15) is 6.04 Å². The summed E-state index contributed by atoms with van der Waals surface area (Å²) in [5.74, 6) is -2.67. The minimum Gasteiger partial charge on any atom is -0.481 e. The van der Waals surface area contributed by atoms with Crippen LogP contribution in [-0.2, 0) is 14.3 Å². The Kier molecular flexibility index (Phi) is 6.78. The van der Waals surface area contributed by atoms with Crippen LogP contribution in [0.2, 0.25) is 0 Å². The Balaban J connectivity index is 2.17. The van der Waals surface area contributed by atoms with E-state index in [1.54, 1.807) is 0 Å². The highest BCUT2D eigenvalue weighted by Crippen LogP contribution is 2.20. The van der Waals surface area contributed by atoms with Crippen LogP contribution in [0.1, 0.15) is 32.1 Å². The average molecular weight is 288 g/mol. The van der Waals surface area contributed by atoms with Crippen molar-refractivity contribution in [1.29, 1.82) is 0 Å². The van der Waals surface area contributed by atoms with Crippen LogP contribution in [0.4, 0.5) is 4.79 Å². The van der Waals surface area contributed by atoms with Crippen molar-refractivity contribution in [2.45, 2.75) is 44.2 Å². The Bertz CT molecular complexity index is 354. The second-order valence-corrected chi connectivity index (χ2v) is 4.67. The van der Waals surface area contributed by atoms with Gasteiger partial charge in [-0.2, -0.15) is 0 Å². The molecule has 0 aromatic heterocycles. The number of carboxylic acids is 2. The van der Waals surface area contributed by atoms with E-state index in [9.17, 15) is 14.4 Å². The molecule has 8 nitrogen and oxygen atoms in total. The second kappa shape index (κ2) is 8.36. The number of amides is 2. The van der Waals surface area contributed by atoms with E-state index in [1.165, 1.54) is 0 Å². The summed E-state index contributed by atoms with van der Waals surface area (Å²) in [5, 5.41) is 21.8. The lowest BCUT2D eigenvalue weighted by Crippen LogP contribution is -2.47. The molecule has 8 heteroatoms. The smallest absolute Gasteiger partial charge is 0.326 e. The number of aliphatic carboxylic acids is 2. The van der Waals surface area contributed by atoms with E-state index < -0.39 is 30.4 Å². The molecule has 2 amide bonds. The van der Waals surface area contributed by atoms with Crippen LogP contribution < -0.4 is 10.6 Å². The van der Waals surface area contributed by atoms with E-state index in [0.29, 0.717) is 6.61 Å². The van der Waals surface area contributed by atoms with Crippen LogP contribution in [0.25, 0.3) is 0 Å². The van der Waals surface area contributed by atoms with Gasteiger partial charge in [0.25, 0.3) is 0 Å². The molecular formula is C12H20N2O6.